The van der Waals surface area contributed by atoms with E-state index in [1.54, 1.807) is 0 Å². The Morgan fingerprint density at radius 2 is 1.53 bits per heavy atom. The van der Waals surface area contributed by atoms with E-state index in [9.17, 15) is 24.6 Å². The van der Waals surface area contributed by atoms with Gasteiger partial charge in [-0.3, -0.25) is 9.59 Å². The smallest absolute Gasteiger partial charge is 0.407 e. The first-order valence-corrected chi connectivity index (χ1v) is 11.6. The van der Waals surface area contributed by atoms with Crippen LogP contribution in [0.15, 0.2) is 48.5 Å². The van der Waals surface area contributed by atoms with E-state index in [0.717, 1.165) is 35.1 Å². The van der Waals surface area contributed by atoms with Crippen molar-refractivity contribution < 1.29 is 29.3 Å². The molecule has 8 heteroatoms. The van der Waals surface area contributed by atoms with Gasteiger partial charge in [0.15, 0.2) is 0 Å². The van der Waals surface area contributed by atoms with Crippen molar-refractivity contribution >= 4 is 18.0 Å². The number of fused-ring (bicyclic) bond motifs is 3. The minimum Gasteiger partial charge on any atom is -0.481 e. The molecule has 182 valence electrons. The molecule has 1 aliphatic rings. The third-order valence-corrected chi connectivity index (χ3v) is 6.41. The molecule has 0 bridgehead atoms. The van der Waals surface area contributed by atoms with Crippen LogP contribution in [0.5, 0.6) is 0 Å². The molecule has 0 radical (unpaired) electrons. The molecule has 2 aromatic carbocycles. The van der Waals surface area contributed by atoms with Gasteiger partial charge in [-0.15, -0.1) is 0 Å². The molecule has 0 heterocycles. The Labute approximate surface area is 199 Å². The monoisotopic (exact) mass is 468 g/mol. The number of benzene rings is 2. The Bertz CT molecular complexity index is 974. The van der Waals surface area contributed by atoms with E-state index in [1.165, 1.54) is 0 Å². The molecule has 0 aliphatic heterocycles. The molecule has 3 rings (SSSR count). The molecule has 2 unspecified atom stereocenters. The fourth-order valence-corrected chi connectivity index (χ4v) is 4.49. The Kier molecular flexibility index (Phi) is 8.65. The highest BCUT2D eigenvalue weighted by Crippen LogP contribution is 2.44. The van der Waals surface area contributed by atoms with Crippen LogP contribution in [0.4, 0.5) is 4.79 Å². The number of hydrogen-bond donors (Lipinski definition) is 4. The summed E-state index contributed by atoms with van der Waals surface area (Å²) in [6.07, 6.45) is -0.714. The summed E-state index contributed by atoms with van der Waals surface area (Å²) in [5.41, 5.74) is 4.27. The number of aliphatic hydroxyl groups excluding tert-OH is 1. The van der Waals surface area contributed by atoms with Crippen LogP contribution in [-0.2, 0) is 14.3 Å². The van der Waals surface area contributed by atoms with E-state index in [2.05, 4.69) is 10.6 Å². The van der Waals surface area contributed by atoms with E-state index in [4.69, 9.17) is 4.74 Å². The number of ether oxygens (including phenoxy) is 1. The van der Waals surface area contributed by atoms with Gasteiger partial charge in [0.2, 0.25) is 5.91 Å². The van der Waals surface area contributed by atoms with Crippen LogP contribution >= 0.6 is 0 Å². The minimum atomic E-state index is -1.32. The minimum absolute atomic E-state index is 0.0202. The summed E-state index contributed by atoms with van der Waals surface area (Å²) < 4.78 is 5.43. The molecule has 0 aromatic heterocycles. The first-order chi connectivity index (χ1) is 16.3. The van der Waals surface area contributed by atoms with Crippen molar-refractivity contribution in [2.24, 2.45) is 5.92 Å². The molecule has 0 saturated carbocycles. The number of hydrogen-bond acceptors (Lipinski definition) is 5. The van der Waals surface area contributed by atoms with Crippen LogP contribution in [0.2, 0.25) is 0 Å². The Morgan fingerprint density at radius 3 is 2.06 bits per heavy atom. The fraction of sp³-hybridized carbons (Fsp3) is 0.423. The number of carboxylic acids is 1. The zero-order valence-electron chi connectivity index (χ0n) is 19.5. The predicted octanol–water partition coefficient (Wildman–Crippen LogP) is 3.28. The van der Waals surface area contributed by atoms with Gasteiger partial charge in [0.05, 0.1) is 12.5 Å². The van der Waals surface area contributed by atoms with E-state index >= 15 is 0 Å². The molecular weight excluding hydrogens is 436 g/mol. The molecule has 8 nitrogen and oxygen atoms in total. The zero-order valence-corrected chi connectivity index (χ0v) is 19.5. The van der Waals surface area contributed by atoms with Crippen LogP contribution in [0.3, 0.4) is 0 Å². The van der Waals surface area contributed by atoms with Crippen molar-refractivity contribution in [2.45, 2.75) is 51.2 Å². The maximum Gasteiger partial charge on any atom is 0.407 e. The number of alkyl carbamates (subject to hydrolysis) is 1. The van der Waals surface area contributed by atoms with Crippen molar-refractivity contribution in [3.05, 3.63) is 59.7 Å². The maximum absolute atomic E-state index is 12.5. The molecular formula is C26H32N2O6. The summed E-state index contributed by atoms with van der Waals surface area (Å²) in [5, 5.41) is 24.3. The van der Waals surface area contributed by atoms with Gasteiger partial charge in [0.25, 0.3) is 0 Å². The number of aliphatic hydroxyl groups is 1. The van der Waals surface area contributed by atoms with Crippen LogP contribution < -0.4 is 10.6 Å². The summed E-state index contributed by atoms with van der Waals surface area (Å²) in [6.45, 7) is 3.93. The first kappa shape index (κ1) is 25.2. The number of carbonyl (C=O) groups excluding carboxylic acids is 2. The van der Waals surface area contributed by atoms with Crippen LogP contribution in [0.25, 0.3) is 11.1 Å². The number of carboxylic acid groups (broad SMARTS) is 1. The summed E-state index contributed by atoms with van der Waals surface area (Å²) in [6, 6.07) is 14.5. The van der Waals surface area contributed by atoms with Crippen molar-refractivity contribution in [3.63, 3.8) is 0 Å². The van der Waals surface area contributed by atoms with Gasteiger partial charge in [0.1, 0.15) is 12.6 Å². The number of amides is 2. The van der Waals surface area contributed by atoms with Gasteiger partial charge in [-0.25, -0.2) is 4.79 Å². The van der Waals surface area contributed by atoms with Crippen LogP contribution in [0, 0.1) is 5.92 Å². The molecule has 2 atom stereocenters. The topological polar surface area (TPSA) is 125 Å². The maximum atomic E-state index is 12.5. The average molecular weight is 469 g/mol. The average Bonchev–Trinajstić information content (AvgIpc) is 3.15. The van der Waals surface area contributed by atoms with Gasteiger partial charge in [-0.1, -0.05) is 75.2 Å². The number of carbonyl (C=O) groups is 3. The summed E-state index contributed by atoms with van der Waals surface area (Å²) >= 11 is 0. The normalized spacial score (nSPS) is 14.1. The highest BCUT2D eigenvalue weighted by Gasteiger charge is 2.30. The second kappa shape index (κ2) is 11.7. The summed E-state index contributed by atoms with van der Waals surface area (Å²) in [5.74, 6) is -2.05. The molecule has 0 spiro atoms. The van der Waals surface area contributed by atoms with E-state index in [0.29, 0.717) is 0 Å². The SMILES string of the molecule is CCC(CC)C(O)CNC(=O)C(CC(=O)O)NC(=O)OCC1c2ccccc2-c2ccccc21. The molecule has 34 heavy (non-hydrogen) atoms. The van der Waals surface area contributed by atoms with Crippen molar-refractivity contribution in [1.82, 2.24) is 10.6 Å². The van der Waals surface area contributed by atoms with Crippen LogP contribution in [0.1, 0.15) is 50.2 Å². The van der Waals surface area contributed by atoms with Gasteiger partial charge < -0.3 is 25.6 Å². The van der Waals surface area contributed by atoms with Gasteiger partial charge in [-0.05, 0) is 28.2 Å². The Morgan fingerprint density at radius 1 is 0.971 bits per heavy atom. The molecule has 1 aliphatic carbocycles. The molecule has 0 fully saturated rings. The second-order valence-corrected chi connectivity index (χ2v) is 8.51. The molecule has 2 aromatic rings. The quantitative estimate of drug-likeness (QED) is 0.401. The van der Waals surface area contributed by atoms with Gasteiger partial charge >= 0.3 is 12.1 Å². The molecule has 2 amide bonds. The molecule has 0 saturated heterocycles. The predicted molar refractivity (Wildman–Crippen MR) is 127 cm³/mol. The lowest BCUT2D eigenvalue weighted by molar-refractivity contribution is -0.139. The number of nitrogens with one attached hydrogen (secondary N) is 2. The first-order valence-electron chi connectivity index (χ1n) is 11.6. The van der Waals surface area contributed by atoms with Crippen molar-refractivity contribution in [3.8, 4) is 11.1 Å². The second-order valence-electron chi connectivity index (χ2n) is 8.51. The summed E-state index contributed by atoms with van der Waals surface area (Å²) in [7, 11) is 0. The highest BCUT2D eigenvalue weighted by molar-refractivity contribution is 5.89. The number of aliphatic carboxylic acids is 1. The largest absolute Gasteiger partial charge is 0.481 e. The Balaban J connectivity index is 1.61. The van der Waals surface area contributed by atoms with E-state index in [1.807, 2.05) is 62.4 Å². The van der Waals surface area contributed by atoms with Gasteiger partial charge in [-0.2, -0.15) is 0 Å². The van der Waals surface area contributed by atoms with E-state index in [-0.39, 0.29) is 25.0 Å². The number of rotatable bonds is 11. The standard InChI is InChI=1S/C26H32N2O6/c1-3-16(4-2)23(29)14-27-25(32)22(13-24(30)31)28-26(33)34-15-21-19-11-7-5-9-17(19)18-10-6-8-12-20(18)21/h5-12,16,21-23,29H,3-4,13-15H2,1-2H3,(H,27,32)(H,28,33)(H,30,31). The van der Waals surface area contributed by atoms with Crippen molar-refractivity contribution in [2.75, 3.05) is 13.2 Å². The van der Waals surface area contributed by atoms with E-state index < -0.39 is 36.5 Å². The lowest BCUT2D eigenvalue weighted by Crippen LogP contribution is -2.50. The molecule has 4 N–H and O–H groups in total. The third-order valence-electron chi connectivity index (χ3n) is 6.41. The zero-order chi connectivity index (χ0) is 24.7. The van der Waals surface area contributed by atoms with Crippen LogP contribution in [-0.4, -0.2) is 53.5 Å². The highest BCUT2D eigenvalue weighted by atomic mass is 16.5. The lowest BCUT2D eigenvalue weighted by atomic mass is 9.96. The Hall–Kier alpha value is -3.39. The lowest BCUT2D eigenvalue weighted by Gasteiger charge is -2.22. The summed E-state index contributed by atoms with van der Waals surface area (Å²) in [4.78, 5) is 36.3. The van der Waals surface area contributed by atoms with Gasteiger partial charge in [0, 0.05) is 12.5 Å². The third kappa shape index (κ3) is 5.94. The van der Waals surface area contributed by atoms with Crippen molar-refractivity contribution in [1.29, 1.82) is 0 Å². The fourth-order valence-electron chi connectivity index (χ4n) is 4.49.